The summed E-state index contributed by atoms with van der Waals surface area (Å²) in [7, 11) is 1.60. The van der Waals surface area contributed by atoms with Gasteiger partial charge in [-0.25, -0.2) is 4.79 Å². The van der Waals surface area contributed by atoms with E-state index in [4.69, 9.17) is 4.74 Å². The summed E-state index contributed by atoms with van der Waals surface area (Å²) in [5.74, 6) is 0.679. The highest BCUT2D eigenvalue weighted by Crippen LogP contribution is 2.20. The van der Waals surface area contributed by atoms with Crippen molar-refractivity contribution in [3.8, 4) is 5.75 Å². The van der Waals surface area contributed by atoms with E-state index >= 15 is 0 Å². The van der Waals surface area contributed by atoms with Crippen LogP contribution < -0.4 is 15.4 Å². The third-order valence-electron chi connectivity index (χ3n) is 3.99. The average Bonchev–Trinajstić information content (AvgIpc) is 3.05. The van der Waals surface area contributed by atoms with E-state index < -0.39 is 0 Å². The molecule has 1 saturated heterocycles. The van der Waals surface area contributed by atoms with Crippen molar-refractivity contribution < 1.29 is 14.3 Å². The summed E-state index contributed by atoms with van der Waals surface area (Å²) in [6.07, 6.45) is 3.55. The van der Waals surface area contributed by atoms with Gasteiger partial charge < -0.3 is 20.3 Å². The number of hydrogen-bond donors (Lipinski definition) is 2. The Hall–Kier alpha value is -2.24. The fourth-order valence-electron chi connectivity index (χ4n) is 2.66. The molecule has 0 bridgehead atoms. The second kappa shape index (κ2) is 8.41. The van der Waals surface area contributed by atoms with Gasteiger partial charge in [0.05, 0.1) is 7.11 Å². The third kappa shape index (κ3) is 4.61. The maximum Gasteiger partial charge on any atom is 0.322 e. The van der Waals surface area contributed by atoms with E-state index in [1.807, 2.05) is 0 Å². The van der Waals surface area contributed by atoms with Crippen LogP contribution in [-0.2, 0) is 4.79 Å². The number of rotatable bonds is 6. The van der Waals surface area contributed by atoms with Crippen LogP contribution in [0.15, 0.2) is 24.3 Å². The van der Waals surface area contributed by atoms with Crippen molar-refractivity contribution in [1.82, 2.24) is 10.2 Å². The molecule has 0 spiro atoms. The quantitative estimate of drug-likeness (QED) is 0.792. The molecular formula is C17H25N3O3. The number of nitrogens with zero attached hydrogens (tertiary/aromatic N) is 1. The maximum atomic E-state index is 12.4. The zero-order valence-electron chi connectivity index (χ0n) is 13.8. The Bertz CT molecular complexity index is 530. The minimum absolute atomic E-state index is 0.0548. The number of urea groups is 1. The monoisotopic (exact) mass is 319 g/mol. The summed E-state index contributed by atoms with van der Waals surface area (Å²) in [5.41, 5.74) is 0.688. The number of amides is 3. The van der Waals surface area contributed by atoms with Crippen LogP contribution in [0, 0.1) is 0 Å². The summed E-state index contributed by atoms with van der Waals surface area (Å²) in [6.45, 7) is 3.35. The number of ether oxygens (including phenoxy) is 1. The zero-order valence-corrected chi connectivity index (χ0v) is 13.8. The molecule has 1 fully saturated rings. The minimum Gasteiger partial charge on any atom is -0.497 e. The van der Waals surface area contributed by atoms with Crippen molar-refractivity contribution in [2.45, 2.75) is 38.6 Å². The van der Waals surface area contributed by atoms with Gasteiger partial charge in [0, 0.05) is 18.8 Å². The molecule has 0 aromatic heterocycles. The molecule has 1 aliphatic rings. The Kier molecular flexibility index (Phi) is 6.26. The molecule has 126 valence electrons. The first-order valence-corrected chi connectivity index (χ1v) is 8.15. The van der Waals surface area contributed by atoms with Crippen molar-refractivity contribution in [2.24, 2.45) is 0 Å². The standard InChI is InChI=1S/C17H25N3O3/c1-3-4-11-18-16(21)15-6-5-12-20(15)17(22)19-13-7-9-14(23-2)10-8-13/h7-10,15H,3-6,11-12H2,1-2H3,(H,18,21)(H,19,22). The third-order valence-corrected chi connectivity index (χ3v) is 3.99. The van der Waals surface area contributed by atoms with Crippen LogP contribution >= 0.6 is 0 Å². The minimum atomic E-state index is -0.370. The predicted molar refractivity (Wildman–Crippen MR) is 89.7 cm³/mol. The van der Waals surface area contributed by atoms with Crippen molar-refractivity contribution in [3.63, 3.8) is 0 Å². The van der Waals surface area contributed by atoms with Gasteiger partial charge >= 0.3 is 6.03 Å². The van der Waals surface area contributed by atoms with Crippen LogP contribution in [0.5, 0.6) is 5.75 Å². The van der Waals surface area contributed by atoms with Gasteiger partial charge in [0.1, 0.15) is 11.8 Å². The van der Waals surface area contributed by atoms with Gasteiger partial charge in [0.2, 0.25) is 5.91 Å². The van der Waals surface area contributed by atoms with E-state index in [1.54, 1.807) is 36.3 Å². The fourth-order valence-corrected chi connectivity index (χ4v) is 2.66. The largest absolute Gasteiger partial charge is 0.497 e. The first kappa shape index (κ1) is 17.1. The number of methoxy groups -OCH3 is 1. The highest BCUT2D eigenvalue weighted by atomic mass is 16.5. The predicted octanol–water partition coefficient (Wildman–Crippen LogP) is 2.61. The SMILES string of the molecule is CCCCNC(=O)C1CCCN1C(=O)Nc1ccc(OC)cc1. The molecule has 23 heavy (non-hydrogen) atoms. The Balaban J connectivity index is 1.92. The Morgan fingerprint density at radius 2 is 2.04 bits per heavy atom. The maximum absolute atomic E-state index is 12.4. The number of unbranched alkanes of at least 4 members (excludes halogenated alkanes) is 1. The second-order valence-electron chi connectivity index (χ2n) is 5.65. The first-order valence-electron chi connectivity index (χ1n) is 8.15. The van der Waals surface area contributed by atoms with Crippen molar-refractivity contribution >= 4 is 17.6 Å². The lowest BCUT2D eigenvalue weighted by molar-refractivity contribution is -0.124. The number of nitrogens with one attached hydrogen (secondary N) is 2. The molecule has 1 aromatic rings. The zero-order chi connectivity index (χ0) is 16.7. The molecule has 6 heteroatoms. The van der Waals surface area contributed by atoms with Crippen LogP contribution in [0.3, 0.4) is 0 Å². The van der Waals surface area contributed by atoms with Crippen LogP contribution in [0.1, 0.15) is 32.6 Å². The topological polar surface area (TPSA) is 70.7 Å². The highest BCUT2D eigenvalue weighted by molar-refractivity contribution is 5.94. The number of likely N-dealkylation sites (tertiary alicyclic amines) is 1. The molecule has 1 atom stereocenters. The van der Waals surface area contributed by atoms with E-state index in [9.17, 15) is 9.59 Å². The fraction of sp³-hybridized carbons (Fsp3) is 0.529. The van der Waals surface area contributed by atoms with Gasteiger partial charge in [-0.15, -0.1) is 0 Å². The Labute approximate surface area is 137 Å². The van der Waals surface area contributed by atoms with E-state index in [0.29, 0.717) is 25.2 Å². The molecule has 2 N–H and O–H groups in total. The lowest BCUT2D eigenvalue weighted by Gasteiger charge is -2.24. The molecule has 0 radical (unpaired) electrons. The Morgan fingerprint density at radius 1 is 1.30 bits per heavy atom. The van der Waals surface area contributed by atoms with Crippen LogP contribution in [0.4, 0.5) is 10.5 Å². The van der Waals surface area contributed by atoms with Crippen LogP contribution in [0.25, 0.3) is 0 Å². The molecule has 2 rings (SSSR count). The van der Waals surface area contributed by atoms with Crippen LogP contribution in [-0.4, -0.2) is 43.1 Å². The van der Waals surface area contributed by atoms with Crippen molar-refractivity contribution in [2.75, 3.05) is 25.5 Å². The summed E-state index contributed by atoms with van der Waals surface area (Å²) in [5, 5.41) is 5.75. The van der Waals surface area contributed by atoms with Crippen LogP contribution in [0.2, 0.25) is 0 Å². The normalized spacial score (nSPS) is 17.0. The number of anilines is 1. The smallest absolute Gasteiger partial charge is 0.322 e. The molecule has 1 heterocycles. The second-order valence-corrected chi connectivity index (χ2v) is 5.65. The summed E-state index contributed by atoms with van der Waals surface area (Å²) < 4.78 is 5.09. The van der Waals surface area contributed by atoms with Gasteiger partial charge in [-0.2, -0.15) is 0 Å². The number of carbonyl (C=O) groups excluding carboxylic acids is 2. The lowest BCUT2D eigenvalue weighted by Crippen LogP contribution is -2.47. The van der Waals surface area contributed by atoms with E-state index in [2.05, 4.69) is 17.6 Å². The van der Waals surface area contributed by atoms with E-state index in [0.717, 1.165) is 25.0 Å². The highest BCUT2D eigenvalue weighted by Gasteiger charge is 2.33. The molecule has 1 unspecified atom stereocenters. The van der Waals surface area contributed by atoms with Gasteiger partial charge in [-0.3, -0.25) is 4.79 Å². The summed E-state index contributed by atoms with van der Waals surface area (Å²) in [6, 6.07) is 6.53. The van der Waals surface area contributed by atoms with Crippen molar-refractivity contribution in [1.29, 1.82) is 0 Å². The lowest BCUT2D eigenvalue weighted by atomic mass is 10.2. The van der Waals surface area contributed by atoms with Crippen molar-refractivity contribution in [3.05, 3.63) is 24.3 Å². The number of benzene rings is 1. The first-order chi connectivity index (χ1) is 11.2. The molecule has 0 aliphatic carbocycles. The Morgan fingerprint density at radius 3 is 2.70 bits per heavy atom. The van der Waals surface area contributed by atoms with E-state index in [1.165, 1.54) is 0 Å². The molecule has 6 nitrogen and oxygen atoms in total. The molecular weight excluding hydrogens is 294 g/mol. The molecule has 1 aromatic carbocycles. The van der Waals surface area contributed by atoms with E-state index in [-0.39, 0.29) is 18.0 Å². The van der Waals surface area contributed by atoms with Gasteiger partial charge in [-0.05, 0) is 43.5 Å². The van der Waals surface area contributed by atoms with Gasteiger partial charge in [0.15, 0.2) is 0 Å². The molecule has 0 saturated carbocycles. The van der Waals surface area contributed by atoms with Gasteiger partial charge in [0.25, 0.3) is 0 Å². The number of carbonyl (C=O) groups is 2. The average molecular weight is 319 g/mol. The molecule has 3 amide bonds. The molecule has 1 aliphatic heterocycles. The van der Waals surface area contributed by atoms with Gasteiger partial charge in [-0.1, -0.05) is 13.3 Å². The summed E-state index contributed by atoms with van der Waals surface area (Å²) in [4.78, 5) is 26.3. The summed E-state index contributed by atoms with van der Waals surface area (Å²) >= 11 is 0. The number of hydrogen-bond acceptors (Lipinski definition) is 3.